The molecule has 4 aromatic rings. The minimum atomic E-state index is -0.205. The molecule has 0 N–H and O–H groups in total. The summed E-state index contributed by atoms with van der Waals surface area (Å²) in [6.07, 6.45) is 0.962. The maximum Gasteiger partial charge on any atom is 0.124 e. The Balaban J connectivity index is 1.50. The molecule has 0 fully saturated rings. The highest BCUT2D eigenvalue weighted by atomic mass is 19.1. The number of benzene rings is 4. The van der Waals surface area contributed by atoms with Crippen LogP contribution < -0.4 is 9.64 Å². The molecule has 0 aromatic heterocycles. The molecule has 0 bridgehead atoms. The van der Waals surface area contributed by atoms with Crippen molar-refractivity contribution in [2.75, 3.05) is 11.5 Å². The molecule has 3 heterocycles. The van der Waals surface area contributed by atoms with Crippen molar-refractivity contribution >= 4 is 5.69 Å². The van der Waals surface area contributed by atoms with Crippen LogP contribution >= 0.6 is 0 Å². The Kier molecular flexibility index (Phi) is 4.14. The van der Waals surface area contributed by atoms with Gasteiger partial charge in [0.15, 0.2) is 0 Å². The summed E-state index contributed by atoms with van der Waals surface area (Å²) in [6.45, 7) is 0.616. The number of halogens is 1. The largest absolute Gasteiger partial charge is 0.493 e. The molecule has 0 saturated carbocycles. The Hall–Kier alpha value is -3.59. The number of anilines is 1. The third-order valence-electron chi connectivity index (χ3n) is 7.69. The Morgan fingerprint density at radius 1 is 0.758 bits per heavy atom. The van der Waals surface area contributed by atoms with Gasteiger partial charge in [0.25, 0.3) is 0 Å². The lowest BCUT2D eigenvalue weighted by molar-refractivity contribution is 0.165. The van der Waals surface area contributed by atoms with Crippen LogP contribution in [0.25, 0.3) is 0 Å². The number of hydrogen-bond donors (Lipinski definition) is 0. The lowest BCUT2D eigenvalue weighted by Crippen LogP contribution is -2.46. The van der Waals surface area contributed by atoms with Crippen LogP contribution in [0.2, 0.25) is 0 Å². The Labute approximate surface area is 193 Å². The Morgan fingerprint density at radius 3 is 2.30 bits per heavy atom. The molecule has 4 aromatic carbocycles. The number of nitrogens with zero attached hydrogens (tertiary/aromatic N) is 1. The molecular weight excluding hydrogens is 409 g/mol. The highest BCUT2D eigenvalue weighted by Crippen LogP contribution is 2.60. The van der Waals surface area contributed by atoms with Crippen molar-refractivity contribution < 1.29 is 9.13 Å². The van der Waals surface area contributed by atoms with Crippen molar-refractivity contribution in [1.82, 2.24) is 0 Å². The second-order valence-electron chi connectivity index (χ2n) is 9.38. The monoisotopic (exact) mass is 433 g/mol. The minimum Gasteiger partial charge on any atom is -0.493 e. The number of para-hydroxylation sites is 1. The van der Waals surface area contributed by atoms with Crippen LogP contribution in [0.5, 0.6) is 5.75 Å². The van der Waals surface area contributed by atoms with Crippen molar-refractivity contribution in [3.8, 4) is 5.75 Å². The Bertz CT molecular complexity index is 1340. The fourth-order valence-corrected chi connectivity index (χ4v) is 6.43. The molecular formula is C30H24FNO. The van der Waals surface area contributed by atoms with E-state index in [1.807, 2.05) is 0 Å². The van der Waals surface area contributed by atoms with Crippen LogP contribution in [0, 0.1) is 11.7 Å². The van der Waals surface area contributed by atoms with Crippen molar-refractivity contribution in [2.24, 2.45) is 5.92 Å². The molecule has 3 aliphatic heterocycles. The Morgan fingerprint density at radius 2 is 1.52 bits per heavy atom. The normalized spacial score (nSPS) is 24.5. The number of ether oxygens (including phenoxy) is 1. The van der Waals surface area contributed by atoms with E-state index in [2.05, 4.69) is 83.8 Å². The van der Waals surface area contributed by atoms with Gasteiger partial charge in [-0.05, 0) is 46.9 Å². The van der Waals surface area contributed by atoms with Gasteiger partial charge in [0, 0.05) is 23.1 Å². The highest BCUT2D eigenvalue weighted by Gasteiger charge is 2.51. The minimum absolute atomic E-state index is 0.0519. The van der Waals surface area contributed by atoms with E-state index in [1.54, 1.807) is 12.1 Å². The fraction of sp³-hybridized carbons (Fsp3) is 0.200. The van der Waals surface area contributed by atoms with Gasteiger partial charge >= 0.3 is 0 Å². The quantitative estimate of drug-likeness (QED) is 0.344. The van der Waals surface area contributed by atoms with Gasteiger partial charge in [0.1, 0.15) is 11.6 Å². The summed E-state index contributed by atoms with van der Waals surface area (Å²) < 4.78 is 20.8. The van der Waals surface area contributed by atoms with Gasteiger partial charge in [-0.3, -0.25) is 0 Å². The molecule has 2 nitrogen and oxygen atoms in total. The van der Waals surface area contributed by atoms with E-state index >= 15 is 0 Å². The first-order valence-corrected chi connectivity index (χ1v) is 11.7. The number of rotatable bonds is 2. The molecule has 0 radical (unpaired) electrons. The summed E-state index contributed by atoms with van der Waals surface area (Å²) in [7, 11) is 0. The standard InChI is InChI=1S/C30H24FNO/c31-22-14-15-27-24(17-22)30-25(18-33-27)28(20-10-5-2-6-11-20)23-13-7-12-21-16-26(32(30)29(21)23)19-8-3-1-4-9-19/h1-15,17,25-26,28,30H,16,18H2/t25?,26-,28?,30?/m0/s1. The van der Waals surface area contributed by atoms with E-state index in [-0.39, 0.29) is 29.7 Å². The van der Waals surface area contributed by atoms with Crippen LogP contribution in [0.3, 0.4) is 0 Å². The zero-order valence-corrected chi connectivity index (χ0v) is 18.2. The lowest BCUT2D eigenvalue weighted by atomic mass is 9.70. The van der Waals surface area contributed by atoms with Crippen LogP contribution in [-0.4, -0.2) is 6.61 Å². The van der Waals surface area contributed by atoms with E-state index in [9.17, 15) is 4.39 Å². The van der Waals surface area contributed by atoms with Gasteiger partial charge in [0.05, 0.1) is 18.7 Å². The molecule has 0 saturated heterocycles. The predicted molar refractivity (Wildman–Crippen MR) is 128 cm³/mol. The second kappa shape index (κ2) is 7.21. The molecule has 0 spiro atoms. The van der Waals surface area contributed by atoms with Gasteiger partial charge < -0.3 is 9.64 Å². The van der Waals surface area contributed by atoms with Gasteiger partial charge in [-0.15, -0.1) is 0 Å². The van der Waals surface area contributed by atoms with E-state index < -0.39 is 0 Å². The zero-order valence-electron chi connectivity index (χ0n) is 18.2. The molecule has 3 heteroatoms. The zero-order chi connectivity index (χ0) is 21.9. The number of hydrogen-bond acceptors (Lipinski definition) is 2. The molecule has 3 aliphatic rings. The van der Waals surface area contributed by atoms with Crippen molar-refractivity contribution in [1.29, 1.82) is 0 Å². The molecule has 162 valence electrons. The maximum absolute atomic E-state index is 14.6. The molecule has 7 rings (SSSR count). The number of fused-ring (bicyclic) bond motifs is 4. The maximum atomic E-state index is 14.6. The second-order valence-corrected chi connectivity index (χ2v) is 9.38. The van der Waals surface area contributed by atoms with Gasteiger partial charge in [-0.25, -0.2) is 4.39 Å². The van der Waals surface area contributed by atoms with Crippen molar-refractivity contribution in [2.45, 2.75) is 24.4 Å². The fourth-order valence-electron chi connectivity index (χ4n) is 6.43. The molecule has 3 unspecified atom stereocenters. The lowest BCUT2D eigenvalue weighted by Gasteiger charge is -2.50. The van der Waals surface area contributed by atoms with E-state index in [4.69, 9.17) is 4.74 Å². The summed E-state index contributed by atoms with van der Waals surface area (Å²) in [5, 5.41) is 0. The summed E-state index contributed by atoms with van der Waals surface area (Å²) >= 11 is 0. The topological polar surface area (TPSA) is 12.5 Å². The van der Waals surface area contributed by atoms with Gasteiger partial charge in [-0.2, -0.15) is 0 Å². The molecule has 0 amide bonds. The highest BCUT2D eigenvalue weighted by molar-refractivity contribution is 5.72. The molecule has 0 aliphatic carbocycles. The molecule has 4 atom stereocenters. The summed E-state index contributed by atoms with van der Waals surface area (Å²) in [6, 6.07) is 33.5. The third kappa shape index (κ3) is 2.78. The smallest absolute Gasteiger partial charge is 0.124 e. The summed E-state index contributed by atoms with van der Waals surface area (Å²) in [4.78, 5) is 2.59. The predicted octanol–water partition coefficient (Wildman–Crippen LogP) is 6.82. The first-order valence-electron chi connectivity index (χ1n) is 11.7. The molecule has 33 heavy (non-hydrogen) atoms. The first-order chi connectivity index (χ1) is 16.3. The van der Waals surface area contributed by atoms with Gasteiger partial charge in [0.2, 0.25) is 0 Å². The summed E-state index contributed by atoms with van der Waals surface area (Å²) in [5.74, 6) is 0.995. The van der Waals surface area contributed by atoms with E-state index in [0.29, 0.717) is 6.61 Å². The van der Waals surface area contributed by atoms with Crippen LogP contribution in [0.4, 0.5) is 10.1 Å². The van der Waals surface area contributed by atoms with E-state index in [1.165, 1.54) is 34.0 Å². The van der Waals surface area contributed by atoms with Crippen molar-refractivity contribution in [3.63, 3.8) is 0 Å². The average Bonchev–Trinajstić information content (AvgIpc) is 3.26. The van der Waals surface area contributed by atoms with Crippen LogP contribution in [0.15, 0.2) is 97.1 Å². The summed E-state index contributed by atoms with van der Waals surface area (Å²) in [5.41, 5.74) is 7.65. The first kappa shape index (κ1) is 18.9. The van der Waals surface area contributed by atoms with Crippen LogP contribution in [-0.2, 0) is 6.42 Å². The van der Waals surface area contributed by atoms with E-state index in [0.717, 1.165) is 17.7 Å². The SMILES string of the molecule is Fc1ccc2c(c1)C1C(CO2)C(c2ccccc2)c2cccc3c2N1[C@H](c1ccccc1)C3. The van der Waals surface area contributed by atoms with Crippen molar-refractivity contribution in [3.05, 3.63) is 131 Å². The third-order valence-corrected chi connectivity index (χ3v) is 7.69. The van der Waals surface area contributed by atoms with Gasteiger partial charge in [-0.1, -0.05) is 78.9 Å². The average molecular weight is 434 g/mol. The van der Waals surface area contributed by atoms with Crippen LogP contribution in [0.1, 0.15) is 45.8 Å².